The van der Waals surface area contributed by atoms with Crippen LogP contribution in [0.25, 0.3) is 33.6 Å². The molecule has 2 fully saturated rings. The molecular weight excluding hydrogens is 685 g/mol. The van der Waals surface area contributed by atoms with Gasteiger partial charge in [-0.15, -0.1) is 22.7 Å². The maximum absolute atomic E-state index is 13.1. The third-order valence-electron chi connectivity index (χ3n) is 10.5. The molecule has 10 heteroatoms. The number of thiophene rings is 2. The summed E-state index contributed by atoms with van der Waals surface area (Å²) in [6.07, 6.45) is 12.5. The molecule has 2 aliphatic rings. The number of H-pyrrole nitrogens is 2. The van der Waals surface area contributed by atoms with Crippen LogP contribution in [-0.4, -0.2) is 54.6 Å². The Morgan fingerprint density at radius 1 is 0.615 bits per heavy atom. The lowest BCUT2D eigenvalue weighted by atomic mass is 10.0. The number of likely N-dealkylation sites (tertiary alicyclic amines) is 2. The molecule has 52 heavy (non-hydrogen) atoms. The first-order chi connectivity index (χ1) is 25.6. The Bertz CT molecular complexity index is 1910. The Morgan fingerprint density at radius 3 is 1.44 bits per heavy atom. The largest absolute Gasteiger partial charge is 0.340 e. The average Bonchev–Trinajstić information content (AvgIpc) is 4.03. The van der Waals surface area contributed by atoms with E-state index in [-0.39, 0.29) is 23.9 Å². The van der Waals surface area contributed by atoms with E-state index in [1.165, 1.54) is 9.75 Å². The molecule has 0 aliphatic carbocycles. The minimum absolute atomic E-state index is 0.0120. The van der Waals surface area contributed by atoms with Gasteiger partial charge in [-0.3, -0.25) is 9.59 Å². The zero-order valence-corrected chi connectivity index (χ0v) is 30.9. The highest BCUT2D eigenvalue weighted by Crippen LogP contribution is 2.35. The molecule has 2 N–H and O–H groups in total. The second-order valence-electron chi connectivity index (χ2n) is 13.9. The minimum Gasteiger partial charge on any atom is -0.340 e. The molecule has 1 unspecified atom stereocenters. The lowest BCUT2D eigenvalue weighted by molar-refractivity contribution is -0.133. The summed E-state index contributed by atoms with van der Waals surface area (Å²) in [6, 6.07) is 25.5. The smallest absolute Gasteiger partial charge is 0.223 e. The van der Waals surface area contributed by atoms with Crippen molar-refractivity contribution >= 4 is 34.5 Å². The van der Waals surface area contributed by atoms with Crippen LogP contribution < -0.4 is 0 Å². The number of aryl methyl sites for hydroxylation is 2. The number of amides is 2. The molecule has 0 spiro atoms. The van der Waals surface area contributed by atoms with Crippen LogP contribution in [0.5, 0.6) is 0 Å². The molecule has 6 aromatic rings. The van der Waals surface area contributed by atoms with Gasteiger partial charge < -0.3 is 19.8 Å². The van der Waals surface area contributed by atoms with Gasteiger partial charge >= 0.3 is 0 Å². The molecule has 266 valence electrons. The molecule has 0 radical (unpaired) electrons. The summed E-state index contributed by atoms with van der Waals surface area (Å²) in [4.78, 5) is 49.5. The van der Waals surface area contributed by atoms with Crippen molar-refractivity contribution in [3.05, 3.63) is 117 Å². The Kier molecular flexibility index (Phi) is 10.4. The summed E-state index contributed by atoms with van der Waals surface area (Å²) < 4.78 is 0. The quantitative estimate of drug-likeness (QED) is 0.124. The molecule has 0 saturated carbocycles. The van der Waals surface area contributed by atoms with Gasteiger partial charge in [-0.1, -0.05) is 60.7 Å². The second kappa shape index (κ2) is 15.8. The average molecular weight is 729 g/mol. The Hall–Kier alpha value is -4.80. The van der Waals surface area contributed by atoms with E-state index in [1.54, 1.807) is 22.7 Å². The Balaban J connectivity index is 0.867. The second-order valence-corrected chi connectivity index (χ2v) is 15.9. The van der Waals surface area contributed by atoms with Gasteiger partial charge in [0.1, 0.15) is 11.6 Å². The van der Waals surface area contributed by atoms with Crippen molar-refractivity contribution in [1.82, 2.24) is 29.7 Å². The van der Waals surface area contributed by atoms with Crippen LogP contribution in [0.4, 0.5) is 0 Å². The maximum Gasteiger partial charge on any atom is 0.223 e. The highest BCUT2D eigenvalue weighted by atomic mass is 32.1. The van der Waals surface area contributed by atoms with Gasteiger partial charge in [0.15, 0.2) is 0 Å². The predicted molar refractivity (Wildman–Crippen MR) is 209 cm³/mol. The van der Waals surface area contributed by atoms with Gasteiger partial charge in [-0.05, 0) is 96.5 Å². The maximum atomic E-state index is 13.1. The topological polar surface area (TPSA) is 98.0 Å². The SMILES string of the molecule is O=C(CCCc1cccs1)N1CCCC1c1ncc(-c2ccc(-c3ccc(-c4cnc([C@@H]5CCCN5C(=O)CCCc5cccs5)[nH]4)cc3)cc2)[nH]1. The van der Waals surface area contributed by atoms with Gasteiger partial charge in [-0.25, -0.2) is 9.97 Å². The lowest BCUT2D eigenvalue weighted by Gasteiger charge is -2.23. The van der Waals surface area contributed by atoms with Crippen molar-refractivity contribution in [2.24, 2.45) is 0 Å². The van der Waals surface area contributed by atoms with E-state index in [9.17, 15) is 9.59 Å². The van der Waals surface area contributed by atoms with E-state index in [4.69, 9.17) is 9.97 Å². The van der Waals surface area contributed by atoms with Gasteiger partial charge in [0.25, 0.3) is 0 Å². The fraction of sp³-hybridized carbons (Fsp3) is 0.333. The standard InChI is InChI=1S/C42H44N6O2S2/c49-39(13-1-7-33-9-5-25-51-33)47-23-3-11-37(47)41-43-27-35(45-41)31-19-15-29(16-20-31)30-17-21-32(22-18-30)36-28-44-42(46-36)38-12-4-24-48(38)40(50)14-2-8-34-10-6-26-52-34/h5-6,9-10,15-22,25-28,37-38H,1-4,7-8,11-14,23-24H2,(H,43,45)(H,44,46)/t37-,38?/m0/s1. The van der Waals surface area contributed by atoms with Crippen LogP contribution in [-0.2, 0) is 22.4 Å². The highest BCUT2D eigenvalue weighted by Gasteiger charge is 2.33. The number of nitrogens with zero attached hydrogens (tertiary/aromatic N) is 4. The molecule has 2 amide bonds. The molecule has 2 aromatic carbocycles. The van der Waals surface area contributed by atoms with E-state index in [1.807, 2.05) is 22.2 Å². The number of aromatic nitrogens is 4. The van der Waals surface area contributed by atoms with E-state index in [0.717, 1.165) is 110 Å². The van der Waals surface area contributed by atoms with Gasteiger partial charge in [0.05, 0.1) is 35.9 Å². The van der Waals surface area contributed by atoms with Crippen LogP contribution >= 0.6 is 22.7 Å². The number of rotatable bonds is 13. The zero-order valence-electron chi connectivity index (χ0n) is 29.3. The Morgan fingerprint density at radius 2 is 1.04 bits per heavy atom. The van der Waals surface area contributed by atoms with Crippen molar-refractivity contribution in [1.29, 1.82) is 0 Å². The van der Waals surface area contributed by atoms with E-state index in [0.29, 0.717) is 12.8 Å². The fourth-order valence-corrected chi connectivity index (χ4v) is 9.22. The number of carbonyl (C=O) groups is 2. The monoisotopic (exact) mass is 728 g/mol. The predicted octanol–water partition coefficient (Wildman–Crippen LogP) is 9.63. The van der Waals surface area contributed by atoms with Gasteiger partial charge in [0.2, 0.25) is 11.8 Å². The summed E-state index contributed by atoms with van der Waals surface area (Å²) in [5.41, 5.74) is 6.33. The first-order valence-electron chi connectivity index (χ1n) is 18.5. The molecule has 0 bridgehead atoms. The summed E-state index contributed by atoms with van der Waals surface area (Å²) >= 11 is 3.52. The fourth-order valence-electron chi connectivity index (χ4n) is 7.71. The van der Waals surface area contributed by atoms with Crippen molar-refractivity contribution in [3.63, 3.8) is 0 Å². The van der Waals surface area contributed by atoms with E-state index >= 15 is 0 Å². The number of hydrogen-bond acceptors (Lipinski definition) is 6. The molecule has 8 nitrogen and oxygen atoms in total. The van der Waals surface area contributed by atoms with Crippen LogP contribution in [0.3, 0.4) is 0 Å². The van der Waals surface area contributed by atoms with Gasteiger partial charge in [-0.2, -0.15) is 0 Å². The number of nitrogens with one attached hydrogen (secondary N) is 2. The number of hydrogen-bond donors (Lipinski definition) is 2. The van der Waals surface area contributed by atoms with Crippen molar-refractivity contribution in [3.8, 4) is 33.6 Å². The summed E-state index contributed by atoms with van der Waals surface area (Å²) in [5, 5.41) is 4.19. The Labute approximate surface area is 313 Å². The molecule has 8 rings (SSSR count). The minimum atomic E-state index is 0.0120. The normalized spacial score (nSPS) is 17.3. The van der Waals surface area contributed by atoms with Gasteiger partial charge in [0, 0.05) is 35.7 Å². The molecule has 2 aliphatic heterocycles. The zero-order chi connectivity index (χ0) is 35.3. The van der Waals surface area contributed by atoms with E-state index < -0.39 is 0 Å². The first-order valence-corrected chi connectivity index (χ1v) is 20.3. The lowest BCUT2D eigenvalue weighted by Crippen LogP contribution is -2.30. The van der Waals surface area contributed by atoms with Crippen molar-refractivity contribution in [2.75, 3.05) is 13.1 Å². The van der Waals surface area contributed by atoms with Crippen molar-refractivity contribution < 1.29 is 9.59 Å². The molecule has 2 atom stereocenters. The van der Waals surface area contributed by atoms with E-state index in [2.05, 4.69) is 93.5 Å². The molecule has 2 saturated heterocycles. The molecular formula is C42H44N6O2S2. The molecule has 6 heterocycles. The first kappa shape index (κ1) is 34.3. The number of imidazole rings is 2. The van der Waals surface area contributed by atoms with Crippen LogP contribution in [0.1, 0.15) is 84.9 Å². The van der Waals surface area contributed by atoms with Crippen LogP contribution in [0.2, 0.25) is 0 Å². The number of benzene rings is 2. The molecule has 4 aromatic heterocycles. The third kappa shape index (κ3) is 7.68. The summed E-state index contributed by atoms with van der Waals surface area (Å²) in [6.45, 7) is 1.59. The third-order valence-corrected chi connectivity index (χ3v) is 12.4. The number of carbonyl (C=O) groups excluding carboxylic acids is 2. The summed E-state index contributed by atoms with van der Waals surface area (Å²) in [5.74, 6) is 2.20. The van der Waals surface area contributed by atoms with Crippen LogP contribution in [0.15, 0.2) is 96.0 Å². The highest BCUT2D eigenvalue weighted by molar-refractivity contribution is 7.10. The van der Waals surface area contributed by atoms with Crippen molar-refractivity contribution in [2.45, 2.75) is 76.3 Å². The number of aromatic amines is 2. The summed E-state index contributed by atoms with van der Waals surface area (Å²) in [7, 11) is 0. The van der Waals surface area contributed by atoms with Crippen LogP contribution in [0, 0.1) is 0 Å².